The van der Waals surface area contributed by atoms with Gasteiger partial charge in [0, 0.05) is 25.3 Å². The van der Waals surface area contributed by atoms with E-state index >= 15 is 0 Å². The summed E-state index contributed by atoms with van der Waals surface area (Å²) in [4.78, 5) is 16.4. The number of aryl methyl sites for hydroxylation is 1. The lowest BCUT2D eigenvalue weighted by Crippen LogP contribution is -2.30. The first-order valence-electron chi connectivity index (χ1n) is 8.30. The fourth-order valence-electron chi connectivity index (χ4n) is 3.15. The van der Waals surface area contributed by atoms with Crippen LogP contribution in [-0.4, -0.2) is 47.0 Å². The lowest BCUT2D eigenvalue weighted by molar-refractivity contribution is 0.0224. The van der Waals surface area contributed by atoms with Gasteiger partial charge < -0.3 is 15.4 Å². The van der Waals surface area contributed by atoms with Gasteiger partial charge in [-0.05, 0) is 51.9 Å². The summed E-state index contributed by atoms with van der Waals surface area (Å²) in [6.07, 6.45) is 7.43. The maximum atomic E-state index is 5.75. The number of nitrogens with zero attached hydrogens (tertiary/aromatic N) is 4. The van der Waals surface area contributed by atoms with E-state index < -0.39 is 0 Å². The SMILES string of the molecule is Cc1nc2c(c(C(C=CN)=NC3CCCCO3)n1)CCN(C)C2. The predicted molar refractivity (Wildman–Crippen MR) is 90.3 cm³/mol. The highest BCUT2D eigenvalue weighted by Crippen LogP contribution is 2.22. The smallest absolute Gasteiger partial charge is 0.149 e. The van der Waals surface area contributed by atoms with E-state index in [1.807, 2.05) is 13.0 Å². The first-order valence-corrected chi connectivity index (χ1v) is 8.30. The van der Waals surface area contributed by atoms with Crippen LogP contribution < -0.4 is 5.73 Å². The molecule has 0 amide bonds. The van der Waals surface area contributed by atoms with Crippen molar-refractivity contribution in [3.63, 3.8) is 0 Å². The zero-order valence-corrected chi connectivity index (χ0v) is 14.0. The summed E-state index contributed by atoms with van der Waals surface area (Å²) in [5, 5.41) is 0. The van der Waals surface area contributed by atoms with Crippen LogP contribution in [0.1, 0.15) is 42.0 Å². The molecule has 0 aliphatic carbocycles. The second-order valence-electron chi connectivity index (χ2n) is 6.23. The third kappa shape index (κ3) is 3.76. The molecule has 2 N–H and O–H groups in total. The van der Waals surface area contributed by atoms with Crippen LogP contribution in [0.3, 0.4) is 0 Å². The Bertz CT molecular complexity index is 620. The number of likely N-dealkylation sites (N-methyl/N-ethyl adjacent to an activating group) is 1. The van der Waals surface area contributed by atoms with Crippen LogP contribution in [0, 0.1) is 6.92 Å². The fraction of sp³-hybridized carbons (Fsp3) is 0.588. The molecule has 1 saturated heterocycles. The Morgan fingerprint density at radius 1 is 1.39 bits per heavy atom. The molecule has 1 aromatic rings. The topological polar surface area (TPSA) is 76.6 Å². The van der Waals surface area contributed by atoms with Crippen LogP contribution in [0.15, 0.2) is 17.3 Å². The molecule has 3 heterocycles. The summed E-state index contributed by atoms with van der Waals surface area (Å²) >= 11 is 0. The molecule has 0 spiro atoms. The molecule has 3 rings (SSSR count). The van der Waals surface area contributed by atoms with Crippen molar-refractivity contribution in [1.82, 2.24) is 14.9 Å². The van der Waals surface area contributed by atoms with Crippen molar-refractivity contribution in [3.8, 4) is 0 Å². The third-order valence-electron chi connectivity index (χ3n) is 4.30. The van der Waals surface area contributed by atoms with E-state index in [4.69, 9.17) is 15.5 Å². The number of aliphatic imine (C=N–C) groups is 1. The quantitative estimate of drug-likeness (QED) is 0.857. The zero-order valence-electron chi connectivity index (χ0n) is 14.0. The van der Waals surface area contributed by atoms with Gasteiger partial charge in [-0.25, -0.2) is 9.97 Å². The molecule has 6 nitrogen and oxygen atoms in total. The highest BCUT2D eigenvalue weighted by atomic mass is 16.5. The maximum absolute atomic E-state index is 5.75. The molecule has 1 aromatic heterocycles. The summed E-state index contributed by atoms with van der Waals surface area (Å²) in [7, 11) is 2.12. The first kappa shape index (κ1) is 16.1. The lowest BCUT2D eigenvalue weighted by atomic mass is 10.00. The van der Waals surface area contributed by atoms with E-state index in [1.165, 1.54) is 11.8 Å². The average molecular weight is 315 g/mol. The number of fused-ring (bicyclic) bond motifs is 1. The summed E-state index contributed by atoms with van der Waals surface area (Å²) < 4.78 is 5.75. The predicted octanol–water partition coefficient (Wildman–Crippen LogP) is 1.56. The summed E-state index contributed by atoms with van der Waals surface area (Å²) in [5.41, 5.74) is 9.68. The Balaban J connectivity index is 2.01. The number of rotatable bonds is 3. The zero-order chi connectivity index (χ0) is 16.2. The molecule has 1 unspecified atom stereocenters. The normalized spacial score (nSPS) is 23.2. The van der Waals surface area contributed by atoms with Gasteiger partial charge in [0.25, 0.3) is 0 Å². The maximum Gasteiger partial charge on any atom is 0.149 e. The molecule has 0 bridgehead atoms. The van der Waals surface area contributed by atoms with Gasteiger partial charge in [-0.1, -0.05) is 0 Å². The van der Waals surface area contributed by atoms with Crippen molar-refractivity contribution >= 4 is 5.71 Å². The minimum absolute atomic E-state index is 0.0906. The highest BCUT2D eigenvalue weighted by molar-refractivity contribution is 6.08. The van der Waals surface area contributed by atoms with Gasteiger partial charge >= 0.3 is 0 Å². The second-order valence-corrected chi connectivity index (χ2v) is 6.23. The molecule has 2 aliphatic heterocycles. The molecule has 2 aliphatic rings. The van der Waals surface area contributed by atoms with Crippen LogP contribution in [0.5, 0.6) is 0 Å². The average Bonchev–Trinajstić information content (AvgIpc) is 2.54. The van der Waals surface area contributed by atoms with Crippen molar-refractivity contribution < 1.29 is 4.74 Å². The van der Waals surface area contributed by atoms with Crippen LogP contribution in [0.25, 0.3) is 0 Å². The van der Waals surface area contributed by atoms with Gasteiger partial charge in [-0.3, -0.25) is 4.99 Å². The molecule has 23 heavy (non-hydrogen) atoms. The molecular weight excluding hydrogens is 290 g/mol. The summed E-state index contributed by atoms with van der Waals surface area (Å²) in [6, 6.07) is 0. The Kier molecular flexibility index (Phi) is 5.03. The molecule has 1 atom stereocenters. The van der Waals surface area contributed by atoms with Gasteiger partial charge in [0.15, 0.2) is 0 Å². The van der Waals surface area contributed by atoms with Gasteiger partial charge in [-0.2, -0.15) is 0 Å². The van der Waals surface area contributed by atoms with Crippen molar-refractivity contribution in [2.24, 2.45) is 10.7 Å². The van der Waals surface area contributed by atoms with Crippen LogP contribution in [0.2, 0.25) is 0 Å². The number of aromatic nitrogens is 2. The third-order valence-corrected chi connectivity index (χ3v) is 4.30. The van der Waals surface area contributed by atoms with Crippen molar-refractivity contribution in [2.75, 3.05) is 20.2 Å². The van der Waals surface area contributed by atoms with Crippen molar-refractivity contribution in [3.05, 3.63) is 35.1 Å². The largest absolute Gasteiger partial charge is 0.405 e. The lowest BCUT2D eigenvalue weighted by Gasteiger charge is -2.26. The molecule has 0 radical (unpaired) electrons. The van der Waals surface area contributed by atoms with Gasteiger partial charge in [0.05, 0.1) is 17.1 Å². The van der Waals surface area contributed by atoms with Crippen molar-refractivity contribution in [1.29, 1.82) is 0 Å². The highest BCUT2D eigenvalue weighted by Gasteiger charge is 2.22. The van der Waals surface area contributed by atoms with E-state index in [2.05, 4.69) is 21.9 Å². The Labute approximate surface area is 137 Å². The van der Waals surface area contributed by atoms with E-state index in [0.717, 1.165) is 68.3 Å². The fourth-order valence-corrected chi connectivity index (χ4v) is 3.15. The number of hydrogen-bond acceptors (Lipinski definition) is 6. The van der Waals surface area contributed by atoms with Crippen LogP contribution in [0.4, 0.5) is 0 Å². The molecule has 0 saturated carbocycles. The monoisotopic (exact) mass is 315 g/mol. The number of ether oxygens (including phenoxy) is 1. The minimum atomic E-state index is -0.0906. The first-order chi connectivity index (χ1) is 11.2. The summed E-state index contributed by atoms with van der Waals surface area (Å²) in [5.74, 6) is 0.775. The molecular formula is C17H25N5O. The number of nitrogens with two attached hydrogens (primary N) is 1. The van der Waals surface area contributed by atoms with Gasteiger partial charge in [-0.15, -0.1) is 0 Å². The standard InChI is InChI=1S/C17H25N5O/c1-12-19-15-11-22(2)9-7-13(15)17(20-12)14(6-8-18)21-16-5-3-4-10-23-16/h6,8,16H,3-5,7,9-11,18H2,1-2H3. The van der Waals surface area contributed by atoms with Crippen molar-refractivity contribution in [2.45, 2.75) is 45.4 Å². The second kappa shape index (κ2) is 7.19. The molecule has 1 fully saturated rings. The van der Waals surface area contributed by atoms with E-state index in [0.29, 0.717) is 0 Å². The number of allylic oxidation sites excluding steroid dienone is 1. The van der Waals surface area contributed by atoms with E-state index in [1.54, 1.807) is 0 Å². The van der Waals surface area contributed by atoms with Crippen LogP contribution in [-0.2, 0) is 17.7 Å². The van der Waals surface area contributed by atoms with E-state index in [-0.39, 0.29) is 6.23 Å². The van der Waals surface area contributed by atoms with Gasteiger partial charge in [0.2, 0.25) is 0 Å². The minimum Gasteiger partial charge on any atom is -0.405 e. The van der Waals surface area contributed by atoms with Gasteiger partial charge in [0.1, 0.15) is 12.1 Å². The Morgan fingerprint density at radius 2 is 2.26 bits per heavy atom. The molecule has 6 heteroatoms. The Hall–Kier alpha value is -1.79. The van der Waals surface area contributed by atoms with Crippen LogP contribution >= 0.6 is 0 Å². The Morgan fingerprint density at radius 3 is 3.00 bits per heavy atom. The van der Waals surface area contributed by atoms with E-state index in [9.17, 15) is 0 Å². The number of hydrogen-bond donors (Lipinski definition) is 1. The summed E-state index contributed by atoms with van der Waals surface area (Å²) in [6.45, 7) is 4.57. The molecule has 124 valence electrons. The molecule has 0 aromatic carbocycles.